The summed E-state index contributed by atoms with van der Waals surface area (Å²) in [4.78, 5) is 22.8. The van der Waals surface area contributed by atoms with Crippen LogP contribution in [0.3, 0.4) is 0 Å². The van der Waals surface area contributed by atoms with Crippen LogP contribution in [0, 0.1) is 17.1 Å². The second-order valence-electron chi connectivity index (χ2n) is 9.22. The van der Waals surface area contributed by atoms with Crippen LogP contribution < -0.4 is 21.1 Å². The first-order valence-corrected chi connectivity index (χ1v) is 12.6. The number of rotatable bonds is 3. The van der Waals surface area contributed by atoms with Crippen molar-refractivity contribution in [3.8, 4) is 6.07 Å². The predicted molar refractivity (Wildman–Crippen MR) is 126 cm³/mol. The third-order valence-corrected chi connectivity index (χ3v) is 10.7. The zero-order chi connectivity index (χ0) is 24.2. The summed E-state index contributed by atoms with van der Waals surface area (Å²) in [5, 5.41) is 9.40. The van der Waals surface area contributed by atoms with Crippen molar-refractivity contribution in [3.05, 3.63) is 46.6 Å². The van der Waals surface area contributed by atoms with Gasteiger partial charge in [-0.2, -0.15) is 5.26 Å². The smallest absolute Gasteiger partial charge is 0.265 e. The van der Waals surface area contributed by atoms with E-state index in [1.807, 2.05) is 6.92 Å². The van der Waals surface area contributed by atoms with E-state index in [1.54, 1.807) is 19.9 Å². The molecule has 5 N–H and O–H groups in total. The first-order chi connectivity index (χ1) is 15.4. The number of thiol groups is 1. The maximum absolute atomic E-state index is 15.1. The highest BCUT2D eigenvalue weighted by atomic mass is 32.3. The molecule has 9 nitrogen and oxygen atoms in total. The number of pyridine rings is 1. The molecule has 0 saturated carbocycles. The van der Waals surface area contributed by atoms with Gasteiger partial charge < -0.3 is 16.4 Å². The second-order valence-corrected chi connectivity index (χ2v) is 12.3. The second kappa shape index (κ2) is 7.74. The molecule has 0 aromatic carbocycles. The number of carbonyl (C=O) groups excluding carboxylic acids is 1. The largest absolute Gasteiger partial charge is 0.386 e. The molecule has 33 heavy (non-hydrogen) atoms. The van der Waals surface area contributed by atoms with Gasteiger partial charge in [-0.1, -0.05) is 0 Å². The predicted octanol–water partition coefficient (Wildman–Crippen LogP) is 0.910. The Labute approximate surface area is 193 Å². The minimum Gasteiger partial charge on any atom is -0.386 e. The molecular weight excluding hydrogens is 445 g/mol. The first kappa shape index (κ1) is 23.1. The van der Waals surface area contributed by atoms with Crippen molar-refractivity contribution in [1.29, 1.82) is 5.26 Å². The number of amidine groups is 1. The van der Waals surface area contributed by atoms with Gasteiger partial charge >= 0.3 is 0 Å². The molecule has 176 valence electrons. The summed E-state index contributed by atoms with van der Waals surface area (Å²) < 4.78 is 31.5. The van der Waals surface area contributed by atoms with Crippen molar-refractivity contribution in [2.45, 2.75) is 43.9 Å². The summed E-state index contributed by atoms with van der Waals surface area (Å²) in [6, 6.07) is 4.73. The van der Waals surface area contributed by atoms with E-state index in [9.17, 15) is 14.3 Å². The van der Waals surface area contributed by atoms with Gasteiger partial charge in [-0.05, 0) is 67.5 Å². The quantitative estimate of drug-likeness (QED) is 0.479. The van der Waals surface area contributed by atoms with E-state index in [1.165, 1.54) is 17.0 Å². The molecule has 0 aliphatic carbocycles. The molecule has 4 heterocycles. The number of amides is 1. The average Bonchev–Trinajstić information content (AvgIpc) is 2.74. The number of carbonyl (C=O) groups is 1. The van der Waals surface area contributed by atoms with E-state index in [-0.39, 0.29) is 35.3 Å². The highest BCUT2D eigenvalue weighted by molar-refractivity contribution is 8.03. The van der Waals surface area contributed by atoms with Gasteiger partial charge in [0.25, 0.3) is 5.91 Å². The van der Waals surface area contributed by atoms with Gasteiger partial charge in [0, 0.05) is 17.9 Å². The van der Waals surface area contributed by atoms with Crippen LogP contribution in [0.5, 0.6) is 0 Å². The van der Waals surface area contributed by atoms with Crippen molar-refractivity contribution < 1.29 is 13.4 Å². The first-order valence-electron chi connectivity index (χ1n) is 10.7. The third kappa shape index (κ3) is 3.54. The van der Waals surface area contributed by atoms with Crippen LogP contribution in [0.4, 0.5) is 10.2 Å². The van der Waals surface area contributed by atoms with Crippen molar-refractivity contribution >= 4 is 27.7 Å². The monoisotopic (exact) mass is 473 g/mol. The molecule has 1 amide bonds. The molecular formula is C22H28FN7O2S. The SMILES string of the molecule is CC1=C(C(N)=O)N(c2ccc(F)c(C3(C)C[SH]4(=O)NCCCC4(C)C(N)=N3)n2)CC(C#N)=C1. The zero-order valence-corrected chi connectivity index (χ0v) is 19.7. The van der Waals surface area contributed by atoms with Crippen molar-refractivity contribution in [3.63, 3.8) is 0 Å². The van der Waals surface area contributed by atoms with Crippen LogP contribution in [0.2, 0.25) is 0 Å². The van der Waals surface area contributed by atoms with Crippen LogP contribution in [0.1, 0.15) is 39.3 Å². The van der Waals surface area contributed by atoms with Crippen molar-refractivity contribution in [1.82, 2.24) is 9.71 Å². The minimum atomic E-state index is -3.05. The Bertz CT molecular complexity index is 1230. The lowest BCUT2D eigenvalue weighted by Gasteiger charge is -2.52. The number of nitrogens with one attached hydrogen (secondary N) is 1. The number of anilines is 1. The van der Waals surface area contributed by atoms with Crippen molar-refractivity contribution in [2.75, 3.05) is 23.7 Å². The summed E-state index contributed by atoms with van der Waals surface area (Å²) in [6.07, 6.45) is 3.05. The number of aliphatic imine (C=N–C) groups is 1. The Morgan fingerprint density at radius 3 is 2.79 bits per heavy atom. The fourth-order valence-corrected chi connectivity index (χ4v) is 8.32. The Balaban J connectivity index is 1.84. The number of aromatic nitrogens is 1. The minimum absolute atomic E-state index is 0.0258. The Morgan fingerprint density at radius 2 is 2.12 bits per heavy atom. The van der Waals surface area contributed by atoms with Gasteiger partial charge in [0.1, 0.15) is 34.4 Å². The lowest BCUT2D eigenvalue weighted by molar-refractivity contribution is -0.114. The van der Waals surface area contributed by atoms with Crippen LogP contribution in [-0.2, 0) is 20.5 Å². The Kier molecular flexibility index (Phi) is 5.41. The van der Waals surface area contributed by atoms with Crippen LogP contribution in [0.15, 0.2) is 40.0 Å². The number of primary amides is 1. The maximum Gasteiger partial charge on any atom is 0.265 e. The summed E-state index contributed by atoms with van der Waals surface area (Å²) in [5.41, 5.74) is 11.7. The molecule has 1 aromatic heterocycles. The number of hydrogen-bond donors (Lipinski definition) is 4. The molecule has 0 spiro atoms. The number of allylic oxidation sites excluding steroid dienone is 2. The number of nitrogens with zero attached hydrogens (tertiary/aromatic N) is 4. The molecule has 0 radical (unpaired) electrons. The lowest BCUT2D eigenvalue weighted by atomic mass is 9.96. The number of nitrogens with two attached hydrogens (primary N) is 2. The van der Waals surface area contributed by atoms with Crippen LogP contribution >= 0.6 is 0 Å². The number of fused-ring (bicyclic) bond motifs is 1. The van der Waals surface area contributed by atoms with E-state index in [4.69, 9.17) is 11.5 Å². The molecule has 2 atom stereocenters. The third-order valence-electron chi connectivity index (χ3n) is 6.81. The average molecular weight is 474 g/mol. The summed E-state index contributed by atoms with van der Waals surface area (Å²) >= 11 is 0. The van der Waals surface area contributed by atoms with Gasteiger partial charge in [-0.3, -0.25) is 18.7 Å². The molecule has 0 bridgehead atoms. The van der Waals surface area contributed by atoms with E-state index in [2.05, 4.69) is 20.8 Å². The Morgan fingerprint density at radius 1 is 1.39 bits per heavy atom. The normalized spacial score (nSPS) is 30.0. The fourth-order valence-electron chi connectivity index (χ4n) is 4.96. The summed E-state index contributed by atoms with van der Waals surface area (Å²) in [6.45, 7) is 5.83. The molecule has 1 fully saturated rings. The molecule has 2 unspecified atom stereocenters. The van der Waals surface area contributed by atoms with E-state index >= 15 is 4.39 Å². The van der Waals surface area contributed by atoms with E-state index in [0.29, 0.717) is 24.1 Å². The molecule has 1 aromatic rings. The standard InChI is InChI=1S/C22H28FN7O2S/c1-13-9-14(10-24)11-30(17(13)19(25)31)16-6-5-15(23)18(28-16)21(2)12-33(32)22(3,20(26)29-21)7-4-8-27-33/h5-6,9,33H,4,7-8,11-12H2,1-3H3,(H2,25,31)(H2,26,29)(H,27,32). The van der Waals surface area contributed by atoms with E-state index in [0.717, 1.165) is 6.42 Å². The zero-order valence-electron chi connectivity index (χ0n) is 18.9. The van der Waals surface area contributed by atoms with Gasteiger partial charge in [0.05, 0.1) is 17.4 Å². The van der Waals surface area contributed by atoms with Gasteiger partial charge in [0.15, 0.2) is 0 Å². The fraction of sp³-hybridized carbons (Fsp3) is 0.455. The van der Waals surface area contributed by atoms with Gasteiger partial charge in [-0.25, -0.2) is 9.37 Å². The summed E-state index contributed by atoms with van der Waals surface area (Å²) in [5.74, 6) is -0.797. The molecule has 4 rings (SSSR count). The van der Waals surface area contributed by atoms with Gasteiger partial charge in [-0.15, -0.1) is 0 Å². The summed E-state index contributed by atoms with van der Waals surface area (Å²) in [7, 11) is -3.05. The topological polar surface area (TPSA) is 150 Å². The molecule has 3 aliphatic rings. The molecule has 1 saturated heterocycles. The Hall–Kier alpha value is -3.10. The maximum atomic E-state index is 15.1. The van der Waals surface area contributed by atoms with Crippen molar-refractivity contribution in [2.24, 2.45) is 16.5 Å². The number of hydrogen-bond acceptors (Lipinski definition) is 7. The van der Waals surface area contributed by atoms with E-state index < -0.39 is 32.1 Å². The highest BCUT2D eigenvalue weighted by Gasteiger charge is 2.53. The highest BCUT2D eigenvalue weighted by Crippen LogP contribution is 2.43. The number of nitriles is 1. The lowest BCUT2D eigenvalue weighted by Crippen LogP contribution is -2.67. The number of halogens is 1. The van der Waals surface area contributed by atoms with Crippen LogP contribution in [-0.4, -0.2) is 44.5 Å². The molecule has 11 heteroatoms. The molecule has 3 aliphatic heterocycles. The van der Waals surface area contributed by atoms with Crippen LogP contribution in [0.25, 0.3) is 0 Å². The van der Waals surface area contributed by atoms with Gasteiger partial charge in [0.2, 0.25) is 0 Å².